The summed E-state index contributed by atoms with van der Waals surface area (Å²) in [7, 11) is 0. The molecule has 1 unspecified atom stereocenters. The molecule has 2 N–H and O–H groups in total. The number of carbonyl (C=O) groups excluding carboxylic acids is 1. The van der Waals surface area contributed by atoms with E-state index >= 15 is 0 Å². The van der Waals surface area contributed by atoms with Gasteiger partial charge in [-0.2, -0.15) is 0 Å². The van der Waals surface area contributed by atoms with Crippen LogP contribution in [0.15, 0.2) is 35.1 Å². The number of carbonyl (C=O) groups is 1. The first-order chi connectivity index (χ1) is 8.49. The molecule has 2 aromatic rings. The van der Waals surface area contributed by atoms with E-state index in [0.29, 0.717) is 15.9 Å². The predicted octanol–water partition coefficient (Wildman–Crippen LogP) is 2.50. The molecule has 0 bridgehead atoms. The first-order valence-corrected chi connectivity index (χ1v) is 6.07. The van der Waals surface area contributed by atoms with Crippen molar-refractivity contribution in [3.8, 4) is 11.4 Å². The number of imidazole rings is 1. The van der Waals surface area contributed by atoms with Crippen LogP contribution in [0.25, 0.3) is 11.4 Å². The van der Waals surface area contributed by atoms with Gasteiger partial charge in [0.2, 0.25) is 5.91 Å². The van der Waals surface area contributed by atoms with Gasteiger partial charge < -0.3 is 10.3 Å². The van der Waals surface area contributed by atoms with Crippen LogP contribution in [0.5, 0.6) is 0 Å². The molecule has 1 atom stereocenters. The van der Waals surface area contributed by atoms with Gasteiger partial charge in [-0.15, -0.1) is 0 Å². The smallest absolute Gasteiger partial charge is 0.240 e. The van der Waals surface area contributed by atoms with Crippen molar-refractivity contribution in [2.75, 3.05) is 0 Å². The van der Waals surface area contributed by atoms with Crippen molar-refractivity contribution in [2.45, 2.75) is 13.0 Å². The molecule has 0 aliphatic carbocycles. The number of nitrogens with zero attached hydrogens (tertiary/aromatic N) is 2. The molecule has 0 fully saturated rings. The highest BCUT2D eigenvalue weighted by molar-refractivity contribution is 9.10. The highest BCUT2D eigenvalue weighted by Crippen LogP contribution is 2.25. The lowest BCUT2D eigenvalue weighted by molar-refractivity contribution is -0.120. The summed E-state index contributed by atoms with van der Waals surface area (Å²) in [5.41, 5.74) is 5.85. The number of hydrogen-bond donors (Lipinski definition) is 1. The molecule has 94 valence electrons. The van der Waals surface area contributed by atoms with Crippen LogP contribution in [0.2, 0.25) is 0 Å². The normalized spacial score (nSPS) is 12.4. The largest absolute Gasteiger partial charge is 0.368 e. The van der Waals surface area contributed by atoms with Gasteiger partial charge in [0.1, 0.15) is 17.7 Å². The number of hydrogen-bond acceptors (Lipinski definition) is 2. The minimum atomic E-state index is -0.537. The van der Waals surface area contributed by atoms with Crippen LogP contribution >= 0.6 is 15.9 Å². The van der Waals surface area contributed by atoms with Gasteiger partial charge in [0.05, 0.1) is 0 Å². The second-order valence-corrected chi connectivity index (χ2v) is 4.81. The van der Waals surface area contributed by atoms with E-state index < -0.39 is 11.9 Å². The number of rotatable bonds is 3. The van der Waals surface area contributed by atoms with Gasteiger partial charge in [0.25, 0.3) is 0 Å². The van der Waals surface area contributed by atoms with Gasteiger partial charge in [-0.05, 0) is 25.1 Å². The zero-order valence-electron chi connectivity index (χ0n) is 9.60. The van der Waals surface area contributed by atoms with Gasteiger partial charge in [-0.25, -0.2) is 9.37 Å². The third-order valence-corrected chi connectivity index (χ3v) is 3.08. The van der Waals surface area contributed by atoms with E-state index in [1.54, 1.807) is 30.0 Å². The van der Waals surface area contributed by atoms with Crippen molar-refractivity contribution in [1.29, 1.82) is 0 Å². The van der Waals surface area contributed by atoms with Gasteiger partial charge in [-0.1, -0.05) is 15.9 Å². The predicted molar refractivity (Wildman–Crippen MR) is 69.2 cm³/mol. The maximum Gasteiger partial charge on any atom is 0.240 e. The standard InChI is InChI=1S/C12H11BrFN3O/c1-7(11(15)18)17-3-2-16-12(17)8-4-9(13)6-10(14)5-8/h2-7H,1H3,(H2,15,18). The number of primary amides is 1. The van der Waals surface area contributed by atoms with Crippen LogP contribution in [0.3, 0.4) is 0 Å². The number of halogens is 2. The fourth-order valence-corrected chi connectivity index (χ4v) is 2.13. The van der Waals surface area contributed by atoms with Crippen molar-refractivity contribution >= 4 is 21.8 Å². The van der Waals surface area contributed by atoms with E-state index in [2.05, 4.69) is 20.9 Å². The zero-order chi connectivity index (χ0) is 13.3. The Morgan fingerprint density at radius 1 is 1.50 bits per heavy atom. The second-order valence-electron chi connectivity index (χ2n) is 3.89. The monoisotopic (exact) mass is 311 g/mol. The molecule has 1 amide bonds. The molecule has 0 aliphatic heterocycles. The van der Waals surface area contributed by atoms with Crippen LogP contribution < -0.4 is 5.73 Å². The van der Waals surface area contributed by atoms with Gasteiger partial charge >= 0.3 is 0 Å². The maximum absolute atomic E-state index is 13.4. The van der Waals surface area contributed by atoms with E-state index in [-0.39, 0.29) is 5.82 Å². The van der Waals surface area contributed by atoms with Crippen LogP contribution in [-0.4, -0.2) is 15.5 Å². The lowest BCUT2D eigenvalue weighted by Gasteiger charge is -2.13. The topological polar surface area (TPSA) is 60.9 Å². The Hall–Kier alpha value is -1.69. The van der Waals surface area contributed by atoms with E-state index in [1.807, 2.05) is 0 Å². The molecule has 1 heterocycles. The molecule has 0 saturated carbocycles. The Morgan fingerprint density at radius 3 is 2.83 bits per heavy atom. The van der Waals surface area contributed by atoms with Crippen molar-refractivity contribution < 1.29 is 9.18 Å². The molecule has 6 heteroatoms. The molecule has 0 spiro atoms. The van der Waals surface area contributed by atoms with E-state index in [0.717, 1.165) is 0 Å². The summed E-state index contributed by atoms with van der Waals surface area (Å²) in [4.78, 5) is 15.3. The molecule has 1 aromatic heterocycles. The number of benzene rings is 1. The lowest BCUT2D eigenvalue weighted by Crippen LogP contribution is -2.24. The van der Waals surface area contributed by atoms with Crippen molar-refractivity contribution in [2.24, 2.45) is 5.73 Å². The van der Waals surface area contributed by atoms with Crippen LogP contribution in [-0.2, 0) is 4.79 Å². The molecule has 0 saturated heterocycles. The molecule has 0 aliphatic rings. The van der Waals surface area contributed by atoms with Gasteiger partial charge in [0.15, 0.2) is 0 Å². The van der Waals surface area contributed by atoms with Crippen molar-refractivity contribution in [1.82, 2.24) is 9.55 Å². The molecule has 18 heavy (non-hydrogen) atoms. The molecular formula is C12H11BrFN3O. The summed E-state index contributed by atoms with van der Waals surface area (Å²) in [6.07, 6.45) is 3.19. The highest BCUT2D eigenvalue weighted by Gasteiger charge is 2.16. The third-order valence-electron chi connectivity index (χ3n) is 2.62. The maximum atomic E-state index is 13.4. The summed E-state index contributed by atoms with van der Waals surface area (Å²) in [5, 5.41) is 0. The van der Waals surface area contributed by atoms with E-state index in [9.17, 15) is 9.18 Å². The summed E-state index contributed by atoms with van der Waals surface area (Å²) < 4.78 is 15.6. The number of nitrogens with two attached hydrogens (primary N) is 1. The summed E-state index contributed by atoms with van der Waals surface area (Å²) in [5.74, 6) is -0.341. The average Bonchev–Trinajstić information content (AvgIpc) is 2.75. The fraction of sp³-hybridized carbons (Fsp3) is 0.167. The zero-order valence-corrected chi connectivity index (χ0v) is 11.2. The van der Waals surface area contributed by atoms with E-state index in [1.165, 1.54) is 12.1 Å². The van der Waals surface area contributed by atoms with Crippen LogP contribution in [0.4, 0.5) is 4.39 Å². The number of amides is 1. The van der Waals surface area contributed by atoms with Gasteiger partial charge in [0, 0.05) is 22.4 Å². The van der Waals surface area contributed by atoms with Crippen molar-refractivity contribution in [3.05, 3.63) is 40.9 Å². The lowest BCUT2D eigenvalue weighted by atomic mass is 10.2. The SMILES string of the molecule is CC(C(N)=O)n1ccnc1-c1cc(F)cc(Br)c1. The summed E-state index contributed by atoms with van der Waals surface area (Å²) in [6, 6.07) is 3.91. The molecule has 1 aromatic carbocycles. The van der Waals surface area contributed by atoms with Crippen LogP contribution in [0, 0.1) is 5.82 Å². The quantitative estimate of drug-likeness (QED) is 0.946. The summed E-state index contributed by atoms with van der Waals surface area (Å²) >= 11 is 3.22. The van der Waals surface area contributed by atoms with Crippen LogP contribution in [0.1, 0.15) is 13.0 Å². The second kappa shape index (κ2) is 4.89. The first kappa shape index (κ1) is 12.8. The first-order valence-electron chi connectivity index (χ1n) is 5.27. The average molecular weight is 312 g/mol. The minimum Gasteiger partial charge on any atom is -0.368 e. The van der Waals surface area contributed by atoms with E-state index in [4.69, 9.17) is 5.73 Å². The Morgan fingerprint density at radius 2 is 2.22 bits per heavy atom. The minimum absolute atomic E-state index is 0.374. The molecular weight excluding hydrogens is 301 g/mol. The van der Waals surface area contributed by atoms with Crippen molar-refractivity contribution in [3.63, 3.8) is 0 Å². The molecule has 2 rings (SSSR count). The Bertz CT molecular complexity index is 577. The highest BCUT2D eigenvalue weighted by atomic mass is 79.9. The third kappa shape index (κ3) is 2.43. The molecule has 0 radical (unpaired) electrons. The fourth-order valence-electron chi connectivity index (χ4n) is 1.67. The number of aromatic nitrogens is 2. The van der Waals surface area contributed by atoms with Gasteiger partial charge in [-0.3, -0.25) is 4.79 Å². The summed E-state index contributed by atoms with van der Waals surface area (Å²) in [6.45, 7) is 1.67. The Labute approximate surface area is 112 Å². The Kier molecular flexibility index (Phi) is 3.47. The molecule has 4 nitrogen and oxygen atoms in total. The Balaban J connectivity index is 2.51.